The van der Waals surface area contributed by atoms with Crippen molar-refractivity contribution in [2.45, 2.75) is 18.6 Å². The van der Waals surface area contributed by atoms with Gasteiger partial charge in [-0.2, -0.15) is 0 Å². The van der Waals surface area contributed by atoms with Gasteiger partial charge in [-0.3, -0.25) is 4.79 Å². The third-order valence-electron chi connectivity index (χ3n) is 1.91. The van der Waals surface area contributed by atoms with Crippen LogP contribution < -0.4 is 5.32 Å². The number of carbonyl (C=O) groups is 1. The molecule has 0 aromatic carbocycles. The Morgan fingerprint density at radius 3 is 2.73 bits per heavy atom. The fraction of sp³-hybridized carbons (Fsp3) is 0.857. The summed E-state index contributed by atoms with van der Waals surface area (Å²) in [5, 5.41) is 3.01. The molecule has 0 aromatic rings. The Hall–Kier alpha value is -0.610. The molecule has 64 valence electrons. The second-order valence-corrected chi connectivity index (χ2v) is 2.58. The maximum Gasteiger partial charge on any atom is 0.322 e. The van der Waals surface area contributed by atoms with Crippen LogP contribution in [0.5, 0.6) is 0 Å². The van der Waals surface area contributed by atoms with Gasteiger partial charge in [0.1, 0.15) is 6.04 Å². The summed E-state index contributed by atoms with van der Waals surface area (Å²) < 4.78 is 9.64. The van der Waals surface area contributed by atoms with Gasteiger partial charge in [-0.1, -0.05) is 0 Å². The van der Waals surface area contributed by atoms with Crippen molar-refractivity contribution in [3.63, 3.8) is 0 Å². The molecule has 0 spiro atoms. The van der Waals surface area contributed by atoms with Crippen molar-refractivity contribution < 1.29 is 14.3 Å². The van der Waals surface area contributed by atoms with Gasteiger partial charge >= 0.3 is 5.97 Å². The lowest BCUT2D eigenvalue weighted by atomic mass is 10.2. The molecule has 0 aliphatic carbocycles. The Morgan fingerprint density at radius 2 is 2.27 bits per heavy atom. The van der Waals surface area contributed by atoms with Gasteiger partial charge < -0.3 is 14.8 Å². The zero-order valence-corrected chi connectivity index (χ0v) is 6.79. The van der Waals surface area contributed by atoms with Gasteiger partial charge in [0, 0.05) is 20.1 Å². The molecule has 4 nitrogen and oxygen atoms in total. The lowest BCUT2D eigenvalue weighted by molar-refractivity contribution is -0.142. The highest BCUT2D eigenvalue weighted by molar-refractivity contribution is 5.76. The van der Waals surface area contributed by atoms with Gasteiger partial charge in [-0.25, -0.2) is 0 Å². The van der Waals surface area contributed by atoms with Gasteiger partial charge in [0.2, 0.25) is 0 Å². The Bertz CT molecular complexity index is 149. The lowest BCUT2D eigenvalue weighted by Crippen LogP contribution is -2.31. The molecule has 1 unspecified atom stereocenters. The summed E-state index contributed by atoms with van der Waals surface area (Å²) in [5.74, 6) is -0.204. The summed E-state index contributed by atoms with van der Waals surface area (Å²) in [6, 6.07) is -0.176. The molecule has 0 amide bonds. The fourth-order valence-corrected chi connectivity index (χ4v) is 1.20. The molecule has 1 saturated heterocycles. The molecule has 1 heterocycles. The maximum absolute atomic E-state index is 10.9. The van der Waals surface area contributed by atoms with Gasteiger partial charge in [0.05, 0.1) is 13.2 Å². The number of hydrogen-bond acceptors (Lipinski definition) is 4. The second kappa shape index (κ2) is 3.69. The standard InChI is InChI=1S/C7H13NO3/c1-10-5-3-6(8-4-5)7(9)11-2/h5-6,8H,3-4H2,1-2H3/t5?,6-/m0/s1. The predicted octanol–water partition coefficient (Wildman–Crippen LogP) is -0.464. The Kier molecular flexibility index (Phi) is 2.84. The van der Waals surface area contributed by atoms with E-state index in [0.717, 1.165) is 6.54 Å². The van der Waals surface area contributed by atoms with Crippen molar-refractivity contribution in [1.82, 2.24) is 5.32 Å². The van der Waals surface area contributed by atoms with E-state index in [1.165, 1.54) is 7.11 Å². The van der Waals surface area contributed by atoms with Crippen molar-refractivity contribution >= 4 is 5.97 Å². The van der Waals surface area contributed by atoms with E-state index in [1.54, 1.807) is 7.11 Å². The number of ether oxygens (including phenoxy) is 2. The van der Waals surface area contributed by atoms with E-state index >= 15 is 0 Å². The number of carbonyl (C=O) groups excluding carboxylic acids is 1. The van der Waals surface area contributed by atoms with Crippen molar-refractivity contribution in [1.29, 1.82) is 0 Å². The second-order valence-electron chi connectivity index (χ2n) is 2.58. The molecule has 1 rings (SSSR count). The third-order valence-corrected chi connectivity index (χ3v) is 1.91. The smallest absolute Gasteiger partial charge is 0.322 e. The minimum absolute atomic E-state index is 0.152. The number of hydrogen-bond donors (Lipinski definition) is 1. The third kappa shape index (κ3) is 1.91. The quantitative estimate of drug-likeness (QED) is 0.554. The van der Waals surface area contributed by atoms with Crippen LogP contribution in [0.1, 0.15) is 6.42 Å². The molecule has 1 N–H and O–H groups in total. The summed E-state index contributed by atoms with van der Waals surface area (Å²) in [6.07, 6.45) is 0.863. The van der Waals surface area contributed by atoms with Gasteiger partial charge in [-0.05, 0) is 0 Å². The van der Waals surface area contributed by atoms with Crippen LogP contribution >= 0.6 is 0 Å². The summed E-state index contributed by atoms with van der Waals surface area (Å²) in [4.78, 5) is 10.9. The van der Waals surface area contributed by atoms with E-state index in [2.05, 4.69) is 10.1 Å². The number of methoxy groups -OCH3 is 2. The Morgan fingerprint density at radius 1 is 1.55 bits per heavy atom. The first-order chi connectivity index (χ1) is 5.27. The topological polar surface area (TPSA) is 47.6 Å². The molecule has 2 atom stereocenters. The molecular formula is C7H13NO3. The van der Waals surface area contributed by atoms with Crippen molar-refractivity contribution in [2.24, 2.45) is 0 Å². The largest absolute Gasteiger partial charge is 0.468 e. The zero-order valence-electron chi connectivity index (χ0n) is 6.79. The van der Waals surface area contributed by atoms with Crippen LogP contribution in [0.4, 0.5) is 0 Å². The zero-order chi connectivity index (χ0) is 8.27. The number of rotatable bonds is 2. The first kappa shape index (κ1) is 8.49. The minimum atomic E-state index is -0.204. The van der Waals surface area contributed by atoms with Gasteiger partial charge in [-0.15, -0.1) is 0 Å². The molecule has 0 bridgehead atoms. The highest BCUT2D eigenvalue weighted by atomic mass is 16.5. The van der Waals surface area contributed by atoms with E-state index in [1.807, 2.05) is 0 Å². The van der Waals surface area contributed by atoms with Crippen LogP contribution in [0.15, 0.2) is 0 Å². The van der Waals surface area contributed by atoms with Crippen molar-refractivity contribution in [2.75, 3.05) is 20.8 Å². The van der Waals surface area contributed by atoms with Crippen LogP contribution in [0.2, 0.25) is 0 Å². The summed E-state index contributed by atoms with van der Waals surface area (Å²) in [5.41, 5.74) is 0. The van der Waals surface area contributed by atoms with Gasteiger partial charge in [0.25, 0.3) is 0 Å². The molecule has 4 heteroatoms. The fourth-order valence-electron chi connectivity index (χ4n) is 1.20. The van der Waals surface area contributed by atoms with E-state index in [4.69, 9.17) is 4.74 Å². The molecule has 1 fully saturated rings. The highest BCUT2D eigenvalue weighted by Gasteiger charge is 2.29. The molecular weight excluding hydrogens is 146 g/mol. The van der Waals surface area contributed by atoms with E-state index in [0.29, 0.717) is 6.42 Å². The molecule has 0 saturated carbocycles. The first-order valence-corrected chi connectivity index (χ1v) is 3.62. The first-order valence-electron chi connectivity index (χ1n) is 3.62. The van der Waals surface area contributed by atoms with Crippen LogP contribution in [0.25, 0.3) is 0 Å². The van der Waals surface area contributed by atoms with Crippen molar-refractivity contribution in [3.8, 4) is 0 Å². The van der Waals surface area contributed by atoms with Crippen LogP contribution in [-0.4, -0.2) is 38.9 Å². The van der Waals surface area contributed by atoms with Crippen LogP contribution in [-0.2, 0) is 14.3 Å². The molecule has 0 radical (unpaired) electrons. The SMILES string of the molecule is COC(=O)[C@@H]1CC(OC)CN1. The summed E-state index contributed by atoms with van der Waals surface area (Å²) >= 11 is 0. The number of nitrogens with one attached hydrogen (secondary N) is 1. The highest BCUT2D eigenvalue weighted by Crippen LogP contribution is 2.09. The monoisotopic (exact) mass is 159 g/mol. The summed E-state index contributed by atoms with van der Waals surface area (Å²) in [7, 11) is 3.04. The lowest BCUT2D eigenvalue weighted by Gasteiger charge is -2.06. The Labute approximate surface area is 65.9 Å². The molecule has 1 aliphatic heterocycles. The van der Waals surface area contributed by atoms with E-state index in [9.17, 15) is 4.79 Å². The van der Waals surface area contributed by atoms with Gasteiger partial charge in [0.15, 0.2) is 0 Å². The normalized spacial score (nSPS) is 30.4. The average molecular weight is 159 g/mol. The number of esters is 1. The average Bonchev–Trinajstić information content (AvgIpc) is 2.50. The minimum Gasteiger partial charge on any atom is -0.468 e. The Balaban J connectivity index is 2.35. The van der Waals surface area contributed by atoms with Crippen LogP contribution in [0, 0.1) is 0 Å². The predicted molar refractivity (Wildman–Crippen MR) is 39.2 cm³/mol. The van der Waals surface area contributed by atoms with Crippen LogP contribution in [0.3, 0.4) is 0 Å². The van der Waals surface area contributed by atoms with E-state index < -0.39 is 0 Å². The molecule has 0 aromatic heterocycles. The maximum atomic E-state index is 10.9. The summed E-state index contributed by atoms with van der Waals surface area (Å²) in [6.45, 7) is 0.732. The van der Waals surface area contributed by atoms with E-state index in [-0.39, 0.29) is 18.1 Å². The molecule has 1 aliphatic rings. The molecule has 11 heavy (non-hydrogen) atoms. The van der Waals surface area contributed by atoms with Crippen molar-refractivity contribution in [3.05, 3.63) is 0 Å².